The maximum absolute atomic E-state index is 13.2. The van der Waals surface area contributed by atoms with Crippen molar-refractivity contribution in [1.82, 2.24) is 10.3 Å². The fourth-order valence-corrected chi connectivity index (χ4v) is 1.94. The number of hydrogen-bond acceptors (Lipinski definition) is 2. The standard InChI is InChI=1S/C15H16F2N2/c1-10-3-5-12(19-9-10)8-15(18-2)11-4-6-13(16)14(17)7-11/h3-7,9,15,18H,8H2,1-2H3. The van der Waals surface area contributed by atoms with Crippen molar-refractivity contribution in [3.05, 3.63) is 65.0 Å². The average molecular weight is 262 g/mol. The van der Waals surface area contributed by atoms with Gasteiger partial charge in [-0.3, -0.25) is 4.98 Å². The Kier molecular flexibility index (Phi) is 4.22. The number of aryl methyl sites for hydroxylation is 1. The molecule has 1 unspecified atom stereocenters. The SMILES string of the molecule is CNC(Cc1ccc(C)cn1)c1ccc(F)c(F)c1. The van der Waals surface area contributed by atoms with Crippen molar-refractivity contribution in [3.8, 4) is 0 Å². The van der Waals surface area contributed by atoms with Crippen LogP contribution in [0, 0.1) is 18.6 Å². The van der Waals surface area contributed by atoms with Crippen LogP contribution in [0.15, 0.2) is 36.5 Å². The first-order valence-electron chi connectivity index (χ1n) is 6.14. The first kappa shape index (κ1) is 13.6. The molecular weight excluding hydrogens is 246 g/mol. The van der Waals surface area contributed by atoms with Gasteiger partial charge in [-0.05, 0) is 43.3 Å². The van der Waals surface area contributed by atoms with E-state index in [2.05, 4.69) is 10.3 Å². The molecule has 0 aliphatic heterocycles. The molecule has 4 heteroatoms. The van der Waals surface area contributed by atoms with Crippen LogP contribution in [0.4, 0.5) is 8.78 Å². The van der Waals surface area contributed by atoms with E-state index in [1.165, 1.54) is 6.07 Å². The van der Waals surface area contributed by atoms with Crippen molar-refractivity contribution in [1.29, 1.82) is 0 Å². The van der Waals surface area contributed by atoms with Crippen LogP contribution in [0.25, 0.3) is 0 Å². The molecule has 19 heavy (non-hydrogen) atoms. The van der Waals surface area contributed by atoms with E-state index in [1.54, 1.807) is 19.3 Å². The number of benzene rings is 1. The molecule has 1 heterocycles. The van der Waals surface area contributed by atoms with Crippen molar-refractivity contribution < 1.29 is 8.78 Å². The summed E-state index contributed by atoms with van der Waals surface area (Å²) >= 11 is 0. The molecule has 0 radical (unpaired) electrons. The molecule has 0 aliphatic carbocycles. The number of pyridine rings is 1. The van der Waals surface area contributed by atoms with Crippen LogP contribution in [-0.2, 0) is 6.42 Å². The summed E-state index contributed by atoms with van der Waals surface area (Å²) in [6, 6.07) is 7.81. The Morgan fingerprint density at radius 1 is 1.16 bits per heavy atom. The van der Waals surface area contributed by atoms with E-state index in [0.717, 1.165) is 17.3 Å². The van der Waals surface area contributed by atoms with Crippen molar-refractivity contribution in [2.45, 2.75) is 19.4 Å². The van der Waals surface area contributed by atoms with Crippen LogP contribution in [0.1, 0.15) is 22.9 Å². The molecule has 0 amide bonds. The molecular formula is C15H16F2N2. The smallest absolute Gasteiger partial charge is 0.159 e. The maximum atomic E-state index is 13.2. The van der Waals surface area contributed by atoms with Crippen LogP contribution in [-0.4, -0.2) is 12.0 Å². The molecule has 0 saturated carbocycles. The van der Waals surface area contributed by atoms with E-state index >= 15 is 0 Å². The second-order valence-electron chi connectivity index (χ2n) is 4.55. The summed E-state index contributed by atoms with van der Waals surface area (Å²) in [6.07, 6.45) is 2.43. The molecule has 0 bridgehead atoms. The fraction of sp³-hybridized carbons (Fsp3) is 0.267. The van der Waals surface area contributed by atoms with Crippen molar-refractivity contribution >= 4 is 0 Å². The van der Waals surface area contributed by atoms with E-state index in [4.69, 9.17) is 0 Å². The monoisotopic (exact) mass is 262 g/mol. The zero-order valence-electron chi connectivity index (χ0n) is 11.0. The van der Waals surface area contributed by atoms with Gasteiger partial charge in [0.1, 0.15) is 0 Å². The van der Waals surface area contributed by atoms with Crippen LogP contribution < -0.4 is 5.32 Å². The highest BCUT2D eigenvalue weighted by Crippen LogP contribution is 2.19. The number of rotatable bonds is 4. The number of nitrogens with one attached hydrogen (secondary N) is 1. The molecule has 100 valence electrons. The van der Waals surface area contributed by atoms with Crippen molar-refractivity contribution in [2.75, 3.05) is 7.05 Å². The van der Waals surface area contributed by atoms with E-state index in [0.29, 0.717) is 12.0 Å². The van der Waals surface area contributed by atoms with Crippen LogP contribution in [0.3, 0.4) is 0 Å². The third-order valence-electron chi connectivity index (χ3n) is 3.08. The average Bonchev–Trinajstić information content (AvgIpc) is 2.41. The Balaban J connectivity index is 2.19. The Hall–Kier alpha value is -1.81. The largest absolute Gasteiger partial charge is 0.313 e. The van der Waals surface area contributed by atoms with Crippen molar-refractivity contribution in [3.63, 3.8) is 0 Å². The van der Waals surface area contributed by atoms with Crippen molar-refractivity contribution in [2.24, 2.45) is 0 Å². The van der Waals surface area contributed by atoms with Crippen LogP contribution in [0.2, 0.25) is 0 Å². The molecule has 0 spiro atoms. The summed E-state index contributed by atoms with van der Waals surface area (Å²) < 4.78 is 26.2. The minimum Gasteiger partial charge on any atom is -0.313 e. The number of halogens is 2. The van der Waals surface area contributed by atoms with Gasteiger partial charge in [-0.15, -0.1) is 0 Å². The van der Waals surface area contributed by atoms with Gasteiger partial charge in [0.15, 0.2) is 11.6 Å². The molecule has 2 aromatic rings. The first-order chi connectivity index (χ1) is 9.10. The van der Waals surface area contributed by atoms with E-state index in [1.807, 2.05) is 19.1 Å². The minimum atomic E-state index is -0.827. The summed E-state index contributed by atoms with van der Waals surface area (Å²) in [7, 11) is 1.79. The third kappa shape index (κ3) is 3.35. The molecule has 0 aliphatic rings. The molecule has 2 nitrogen and oxygen atoms in total. The van der Waals surface area contributed by atoms with Gasteiger partial charge in [-0.2, -0.15) is 0 Å². The predicted octanol–water partition coefficient (Wildman–Crippen LogP) is 3.17. The Morgan fingerprint density at radius 3 is 2.53 bits per heavy atom. The zero-order valence-corrected chi connectivity index (χ0v) is 11.0. The number of likely N-dealkylation sites (N-methyl/N-ethyl adjacent to an activating group) is 1. The van der Waals surface area contributed by atoms with E-state index in [9.17, 15) is 8.78 Å². The van der Waals surface area contributed by atoms with E-state index < -0.39 is 11.6 Å². The van der Waals surface area contributed by atoms with Gasteiger partial charge >= 0.3 is 0 Å². The number of hydrogen-bond donors (Lipinski definition) is 1. The molecule has 0 fully saturated rings. The lowest BCUT2D eigenvalue weighted by Gasteiger charge is -2.16. The first-order valence-corrected chi connectivity index (χ1v) is 6.14. The molecule has 1 aromatic carbocycles. The highest BCUT2D eigenvalue weighted by molar-refractivity contribution is 5.23. The van der Waals surface area contributed by atoms with Gasteiger partial charge in [-0.25, -0.2) is 8.78 Å². The normalized spacial score (nSPS) is 12.4. The summed E-state index contributed by atoms with van der Waals surface area (Å²) in [6.45, 7) is 1.97. The van der Waals surface area contributed by atoms with E-state index in [-0.39, 0.29) is 6.04 Å². The van der Waals surface area contributed by atoms with Crippen LogP contribution in [0.5, 0.6) is 0 Å². The summed E-state index contributed by atoms with van der Waals surface area (Å²) in [5.74, 6) is -1.65. The second-order valence-corrected chi connectivity index (χ2v) is 4.55. The summed E-state index contributed by atoms with van der Waals surface area (Å²) in [5.41, 5.74) is 2.72. The lowest BCUT2D eigenvalue weighted by Crippen LogP contribution is -2.19. The topological polar surface area (TPSA) is 24.9 Å². The third-order valence-corrected chi connectivity index (χ3v) is 3.08. The summed E-state index contributed by atoms with van der Waals surface area (Å²) in [4.78, 5) is 4.32. The highest BCUT2D eigenvalue weighted by atomic mass is 19.2. The molecule has 1 N–H and O–H groups in total. The van der Waals surface area contributed by atoms with Gasteiger partial charge < -0.3 is 5.32 Å². The number of aromatic nitrogens is 1. The number of nitrogens with zero attached hydrogens (tertiary/aromatic N) is 1. The second kappa shape index (κ2) is 5.89. The Labute approximate surface area is 111 Å². The Morgan fingerprint density at radius 2 is 1.95 bits per heavy atom. The molecule has 2 rings (SSSR count). The Bertz CT molecular complexity index is 553. The lowest BCUT2D eigenvalue weighted by atomic mass is 10.0. The zero-order chi connectivity index (χ0) is 13.8. The van der Waals surface area contributed by atoms with Gasteiger partial charge in [0, 0.05) is 24.4 Å². The maximum Gasteiger partial charge on any atom is 0.159 e. The molecule has 0 saturated heterocycles. The summed E-state index contributed by atoms with van der Waals surface area (Å²) in [5, 5.41) is 3.10. The van der Waals surface area contributed by atoms with Gasteiger partial charge in [0.2, 0.25) is 0 Å². The predicted molar refractivity (Wildman–Crippen MR) is 70.8 cm³/mol. The minimum absolute atomic E-state index is 0.0923. The lowest BCUT2D eigenvalue weighted by molar-refractivity contribution is 0.500. The molecule has 1 atom stereocenters. The van der Waals surface area contributed by atoms with Crippen LogP contribution >= 0.6 is 0 Å². The fourth-order valence-electron chi connectivity index (χ4n) is 1.94. The van der Waals surface area contributed by atoms with Gasteiger partial charge in [-0.1, -0.05) is 12.1 Å². The van der Waals surface area contributed by atoms with Gasteiger partial charge in [0.05, 0.1) is 0 Å². The highest BCUT2D eigenvalue weighted by Gasteiger charge is 2.13. The van der Waals surface area contributed by atoms with Gasteiger partial charge in [0.25, 0.3) is 0 Å². The molecule has 1 aromatic heterocycles. The quantitative estimate of drug-likeness (QED) is 0.915.